The van der Waals surface area contributed by atoms with Gasteiger partial charge < -0.3 is 4.90 Å². The Morgan fingerprint density at radius 1 is 1.06 bits per heavy atom. The summed E-state index contributed by atoms with van der Waals surface area (Å²) in [5.74, 6) is 2.26. The van der Waals surface area contributed by atoms with E-state index in [1.807, 2.05) is 68.8 Å². The number of rotatable bonds is 4. The smallest absolute Gasteiger partial charge is 0.227 e. The molecule has 1 atom stereocenters. The van der Waals surface area contributed by atoms with Crippen LogP contribution in [0.3, 0.4) is 0 Å². The first-order valence-corrected chi connectivity index (χ1v) is 11.1. The van der Waals surface area contributed by atoms with Gasteiger partial charge in [-0.3, -0.25) is 9.55 Å². The molecule has 0 radical (unpaired) electrons. The van der Waals surface area contributed by atoms with Gasteiger partial charge in [0.2, 0.25) is 5.95 Å². The van der Waals surface area contributed by atoms with Crippen LogP contribution in [0.2, 0.25) is 5.02 Å². The van der Waals surface area contributed by atoms with Gasteiger partial charge in [-0.05, 0) is 55.3 Å². The van der Waals surface area contributed by atoms with Crippen molar-refractivity contribution in [3.63, 3.8) is 0 Å². The molecule has 166 valence electrons. The number of hydrogen-bond acceptors (Lipinski definition) is 7. The molecule has 32 heavy (non-hydrogen) atoms. The van der Waals surface area contributed by atoms with Crippen molar-refractivity contribution in [1.82, 2.24) is 40.0 Å². The average molecular weight is 452 g/mol. The second-order valence-electron chi connectivity index (χ2n) is 7.34. The standard InChI is InChI=1S/C20H20ClN9.C2H6/c1-13-11-14(8-9-22-13)19-24-25-20(28(19)2)29-10-4-7-17(29)18-23-27-30(26-18)16-6-3-5-15(21)12-16;1-2/h3,5-6,8-9,11-12,17H,4,7,10H2,1-2H3;1-2H3. The van der Waals surface area contributed by atoms with E-state index in [9.17, 15) is 0 Å². The van der Waals surface area contributed by atoms with Crippen molar-refractivity contribution in [3.05, 3.63) is 59.1 Å². The Balaban J connectivity index is 0.00000119. The first-order valence-electron chi connectivity index (χ1n) is 10.7. The van der Waals surface area contributed by atoms with Crippen molar-refractivity contribution >= 4 is 17.5 Å². The lowest BCUT2D eigenvalue weighted by molar-refractivity contribution is 0.639. The highest BCUT2D eigenvalue weighted by atomic mass is 35.5. The molecule has 9 nitrogen and oxygen atoms in total. The van der Waals surface area contributed by atoms with Crippen LogP contribution < -0.4 is 4.90 Å². The van der Waals surface area contributed by atoms with Crippen molar-refractivity contribution in [2.45, 2.75) is 39.7 Å². The molecule has 0 amide bonds. The van der Waals surface area contributed by atoms with Crippen LogP contribution >= 0.6 is 11.6 Å². The van der Waals surface area contributed by atoms with Crippen LogP contribution in [0.4, 0.5) is 5.95 Å². The molecule has 4 heterocycles. The number of nitrogens with zero attached hydrogens (tertiary/aromatic N) is 9. The summed E-state index contributed by atoms with van der Waals surface area (Å²) in [6.45, 7) is 6.82. The average Bonchev–Trinajstić information content (AvgIpc) is 3.54. The topological polar surface area (TPSA) is 90.4 Å². The third-order valence-corrected chi connectivity index (χ3v) is 5.52. The van der Waals surface area contributed by atoms with Gasteiger partial charge in [0.1, 0.15) is 0 Å². The zero-order valence-corrected chi connectivity index (χ0v) is 19.4. The van der Waals surface area contributed by atoms with Gasteiger partial charge in [-0.2, -0.15) is 0 Å². The highest BCUT2D eigenvalue weighted by molar-refractivity contribution is 6.30. The molecule has 1 saturated heterocycles. The Morgan fingerprint density at radius 2 is 1.91 bits per heavy atom. The summed E-state index contributed by atoms with van der Waals surface area (Å²) in [5, 5.41) is 22.7. The number of hydrogen-bond donors (Lipinski definition) is 0. The zero-order valence-electron chi connectivity index (χ0n) is 18.6. The molecule has 0 spiro atoms. The van der Waals surface area contributed by atoms with E-state index in [4.69, 9.17) is 11.6 Å². The molecule has 1 aromatic carbocycles. The van der Waals surface area contributed by atoms with Crippen molar-refractivity contribution in [2.24, 2.45) is 7.05 Å². The molecule has 1 fully saturated rings. The predicted molar refractivity (Wildman–Crippen MR) is 124 cm³/mol. The van der Waals surface area contributed by atoms with Gasteiger partial charge in [0.15, 0.2) is 11.6 Å². The van der Waals surface area contributed by atoms with E-state index < -0.39 is 0 Å². The fourth-order valence-corrected chi connectivity index (χ4v) is 4.03. The fraction of sp³-hybridized carbons (Fsp3) is 0.364. The lowest BCUT2D eigenvalue weighted by Gasteiger charge is -2.22. The van der Waals surface area contributed by atoms with E-state index in [0.717, 1.165) is 48.1 Å². The van der Waals surface area contributed by atoms with Gasteiger partial charge in [-0.15, -0.1) is 25.2 Å². The highest BCUT2D eigenvalue weighted by Gasteiger charge is 2.33. The second-order valence-corrected chi connectivity index (χ2v) is 7.77. The van der Waals surface area contributed by atoms with Crippen LogP contribution in [0.5, 0.6) is 0 Å². The lowest BCUT2D eigenvalue weighted by atomic mass is 10.2. The number of aromatic nitrogens is 8. The van der Waals surface area contributed by atoms with Crippen LogP contribution in [0.1, 0.15) is 44.2 Å². The van der Waals surface area contributed by atoms with Gasteiger partial charge in [0.05, 0.1) is 11.7 Å². The first kappa shape index (κ1) is 21.9. The van der Waals surface area contributed by atoms with Crippen LogP contribution in [-0.4, -0.2) is 46.5 Å². The normalized spacial score (nSPS) is 15.5. The summed E-state index contributed by atoms with van der Waals surface area (Å²) >= 11 is 6.09. The molecular weight excluding hydrogens is 426 g/mol. The summed E-state index contributed by atoms with van der Waals surface area (Å²) in [5.41, 5.74) is 2.71. The van der Waals surface area contributed by atoms with Crippen molar-refractivity contribution in [2.75, 3.05) is 11.4 Å². The number of aryl methyl sites for hydroxylation is 1. The molecule has 0 bridgehead atoms. The van der Waals surface area contributed by atoms with Gasteiger partial charge in [0, 0.05) is 36.1 Å². The lowest BCUT2D eigenvalue weighted by Crippen LogP contribution is -2.26. The monoisotopic (exact) mass is 451 g/mol. The molecule has 10 heteroatoms. The highest BCUT2D eigenvalue weighted by Crippen LogP contribution is 2.34. The largest absolute Gasteiger partial charge is 0.330 e. The fourth-order valence-electron chi connectivity index (χ4n) is 3.85. The molecule has 1 unspecified atom stereocenters. The Bertz CT molecular complexity index is 1200. The van der Waals surface area contributed by atoms with Crippen LogP contribution in [-0.2, 0) is 7.05 Å². The molecule has 0 saturated carbocycles. The molecule has 1 aliphatic heterocycles. The maximum absolute atomic E-state index is 6.09. The SMILES string of the molecule is CC.Cc1cc(-c2nnc(N3CCCC3c3nnn(-c4cccc(Cl)c4)n3)n2C)ccn1. The Labute approximate surface area is 192 Å². The Kier molecular flexibility index (Phi) is 6.45. The van der Waals surface area contributed by atoms with E-state index in [0.29, 0.717) is 10.8 Å². The summed E-state index contributed by atoms with van der Waals surface area (Å²) in [7, 11) is 1.98. The molecule has 4 aromatic rings. The minimum absolute atomic E-state index is 0.00661. The van der Waals surface area contributed by atoms with E-state index in [2.05, 4.69) is 35.5 Å². The summed E-state index contributed by atoms with van der Waals surface area (Å²) in [6, 6.07) is 11.3. The first-order chi connectivity index (χ1) is 15.6. The summed E-state index contributed by atoms with van der Waals surface area (Å²) in [6.07, 6.45) is 3.74. The van der Waals surface area contributed by atoms with Gasteiger partial charge in [0.25, 0.3) is 0 Å². The van der Waals surface area contributed by atoms with Crippen molar-refractivity contribution in [3.8, 4) is 17.1 Å². The zero-order chi connectivity index (χ0) is 22.7. The molecule has 1 aliphatic rings. The maximum Gasteiger partial charge on any atom is 0.227 e. The van der Waals surface area contributed by atoms with E-state index in [1.54, 1.807) is 6.20 Å². The van der Waals surface area contributed by atoms with Crippen LogP contribution in [0, 0.1) is 6.92 Å². The van der Waals surface area contributed by atoms with Gasteiger partial charge in [-0.1, -0.05) is 31.5 Å². The summed E-state index contributed by atoms with van der Waals surface area (Å²) < 4.78 is 2.01. The minimum atomic E-state index is -0.00661. The maximum atomic E-state index is 6.09. The molecule has 0 aliphatic carbocycles. The third kappa shape index (κ3) is 4.20. The van der Waals surface area contributed by atoms with E-state index in [-0.39, 0.29) is 6.04 Å². The number of halogens is 1. The Hall–Kier alpha value is -3.33. The van der Waals surface area contributed by atoms with E-state index in [1.165, 1.54) is 4.80 Å². The predicted octanol–water partition coefficient (Wildman–Crippen LogP) is 4.18. The third-order valence-electron chi connectivity index (χ3n) is 5.28. The molecule has 3 aromatic heterocycles. The van der Waals surface area contributed by atoms with Gasteiger partial charge in [-0.25, -0.2) is 0 Å². The van der Waals surface area contributed by atoms with Crippen molar-refractivity contribution in [1.29, 1.82) is 0 Å². The quantitative estimate of drug-likeness (QED) is 0.459. The molecular formula is C22H26ClN9. The van der Waals surface area contributed by atoms with Crippen LogP contribution in [0.25, 0.3) is 17.1 Å². The number of tetrazole rings is 1. The molecule has 5 rings (SSSR count). The van der Waals surface area contributed by atoms with E-state index >= 15 is 0 Å². The molecule has 0 N–H and O–H groups in total. The number of benzene rings is 1. The second kappa shape index (κ2) is 9.44. The van der Waals surface area contributed by atoms with Gasteiger partial charge >= 0.3 is 0 Å². The minimum Gasteiger partial charge on any atom is -0.330 e. The van der Waals surface area contributed by atoms with Crippen LogP contribution in [0.15, 0.2) is 42.6 Å². The number of pyridine rings is 1. The number of anilines is 1. The Morgan fingerprint density at radius 3 is 2.69 bits per heavy atom. The summed E-state index contributed by atoms with van der Waals surface area (Å²) in [4.78, 5) is 7.97. The van der Waals surface area contributed by atoms with Crippen molar-refractivity contribution < 1.29 is 0 Å².